The molecule has 1 saturated heterocycles. The van der Waals surface area contributed by atoms with Crippen LogP contribution in [-0.4, -0.2) is 48.6 Å². The molecule has 0 unspecified atom stereocenters. The van der Waals surface area contributed by atoms with E-state index in [1.807, 2.05) is 42.2 Å². The van der Waals surface area contributed by atoms with Crippen LogP contribution in [0.3, 0.4) is 0 Å². The maximum Gasteiger partial charge on any atom is 0.260 e. The second-order valence-corrected chi connectivity index (χ2v) is 6.65. The van der Waals surface area contributed by atoms with Gasteiger partial charge in [0.15, 0.2) is 6.61 Å². The third-order valence-corrected chi connectivity index (χ3v) is 4.72. The summed E-state index contributed by atoms with van der Waals surface area (Å²) in [6.45, 7) is 5.14. The molecule has 1 aromatic carbocycles. The van der Waals surface area contributed by atoms with Gasteiger partial charge in [-0.15, -0.1) is 0 Å². The van der Waals surface area contributed by atoms with Crippen LogP contribution in [0.25, 0.3) is 0 Å². The predicted octanol–water partition coefficient (Wildman–Crippen LogP) is 2.88. The van der Waals surface area contributed by atoms with Gasteiger partial charge < -0.3 is 14.5 Å². The first-order valence-corrected chi connectivity index (χ1v) is 8.74. The number of halogens is 1. The predicted molar refractivity (Wildman–Crippen MR) is 97.4 cm³/mol. The molecule has 0 radical (unpaired) electrons. The summed E-state index contributed by atoms with van der Waals surface area (Å²) in [4.78, 5) is 20.5. The molecular weight excluding hydrogens is 370 g/mol. The van der Waals surface area contributed by atoms with E-state index in [4.69, 9.17) is 4.74 Å². The Morgan fingerprint density at radius 3 is 2.54 bits per heavy atom. The van der Waals surface area contributed by atoms with Gasteiger partial charge >= 0.3 is 0 Å². The van der Waals surface area contributed by atoms with E-state index >= 15 is 0 Å². The molecule has 5 nitrogen and oxygen atoms in total. The van der Waals surface area contributed by atoms with Gasteiger partial charge in [-0.05, 0) is 52.7 Å². The monoisotopic (exact) mass is 389 g/mol. The molecule has 1 amide bonds. The normalized spacial score (nSPS) is 14.6. The molecule has 2 aromatic rings. The fourth-order valence-electron chi connectivity index (χ4n) is 2.72. The minimum Gasteiger partial charge on any atom is -0.483 e. The van der Waals surface area contributed by atoms with Gasteiger partial charge in [-0.2, -0.15) is 0 Å². The van der Waals surface area contributed by atoms with Crippen LogP contribution in [0.1, 0.15) is 5.56 Å². The van der Waals surface area contributed by atoms with Gasteiger partial charge in [-0.25, -0.2) is 0 Å². The number of anilines is 1. The first-order valence-electron chi connectivity index (χ1n) is 7.95. The van der Waals surface area contributed by atoms with Crippen molar-refractivity contribution in [1.29, 1.82) is 0 Å². The van der Waals surface area contributed by atoms with Crippen LogP contribution in [0.5, 0.6) is 5.75 Å². The van der Waals surface area contributed by atoms with E-state index in [2.05, 4.69) is 25.8 Å². The molecule has 126 valence electrons. The quantitative estimate of drug-likeness (QED) is 0.806. The highest BCUT2D eigenvalue weighted by Gasteiger charge is 2.21. The SMILES string of the molecule is Cc1ccc(OCC(=O)N2CCN(c3ccncc3)CC2)c(Br)c1. The number of amides is 1. The van der Waals surface area contributed by atoms with Crippen LogP contribution < -0.4 is 9.64 Å². The molecule has 24 heavy (non-hydrogen) atoms. The Kier molecular flexibility index (Phi) is 5.35. The zero-order valence-corrected chi connectivity index (χ0v) is 15.2. The number of nitrogens with zero attached hydrogens (tertiary/aromatic N) is 3. The zero-order chi connectivity index (χ0) is 16.9. The van der Waals surface area contributed by atoms with Crippen molar-refractivity contribution in [1.82, 2.24) is 9.88 Å². The highest BCUT2D eigenvalue weighted by atomic mass is 79.9. The van der Waals surface area contributed by atoms with E-state index in [-0.39, 0.29) is 12.5 Å². The second kappa shape index (κ2) is 7.66. The van der Waals surface area contributed by atoms with Gasteiger partial charge in [0.2, 0.25) is 0 Å². The Labute approximate surface area is 150 Å². The molecule has 0 atom stereocenters. The van der Waals surface area contributed by atoms with Crippen molar-refractivity contribution in [3.05, 3.63) is 52.8 Å². The van der Waals surface area contributed by atoms with Crippen molar-refractivity contribution < 1.29 is 9.53 Å². The average molecular weight is 390 g/mol. The number of piperazine rings is 1. The van der Waals surface area contributed by atoms with Gasteiger partial charge in [0.05, 0.1) is 4.47 Å². The van der Waals surface area contributed by atoms with Crippen molar-refractivity contribution in [3.8, 4) is 5.75 Å². The molecule has 0 bridgehead atoms. The van der Waals surface area contributed by atoms with Crippen molar-refractivity contribution in [2.24, 2.45) is 0 Å². The fraction of sp³-hybridized carbons (Fsp3) is 0.333. The van der Waals surface area contributed by atoms with Gasteiger partial charge in [0.25, 0.3) is 5.91 Å². The molecule has 3 rings (SSSR count). The summed E-state index contributed by atoms with van der Waals surface area (Å²) in [6.07, 6.45) is 3.58. The number of carbonyl (C=O) groups excluding carboxylic acids is 1. The Bertz CT molecular complexity index is 701. The van der Waals surface area contributed by atoms with E-state index in [0.717, 1.165) is 28.8 Å². The summed E-state index contributed by atoms with van der Waals surface area (Å²) in [5.41, 5.74) is 2.30. The van der Waals surface area contributed by atoms with Gasteiger partial charge in [-0.1, -0.05) is 6.07 Å². The molecule has 0 aliphatic carbocycles. The molecule has 1 fully saturated rings. The molecule has 6 heteroatoms. The Balaban J connectivity index is 1.50. The summed E-state index contributed by atoms with van der Waals surface area (Å²) < 4.78 is 6.53. The standard InChI is InChI=1S/C18H20BrN3O2/c1-14-2-3-17(16(19)12-14)24-13-18(23)22-10-8-21(9-11-22)15-4-6-20-7-5-15/h2-7,12H,8-11,13H2,1H3. The van der Waals surface area contributed by atoms with Crippen molar-refractivity contribution >= 4 is 27.5 Å². The van der Waals surface area contributed by atoms with E-state index in [1.165, 1.54) is 0 Å². The Hall–Kier alpha value is -2.08. The van der Waals surface area contributed by atoms with Crippen molar-refractivity contribution in [2.75, 3.05) is 37.7 Å². The zero-order valence-electron chi connectivity index (χ0n) is 13.6. The van der Waals surface area contributed by atoms with E-state index < -0.39 is 0 Å². The number of hydrogen-bond acceptors (Lipinski definition) is 4. The van der Waals surface area contributed by atoms with Crippen LogP contribution in [0.15, 0.2) is 47.2 Å². The highest BCUT2D eigenvalue weighted by molar-refractivity contribution is 9.10. The average Bonchev–Trinajstić information content (AvgIpc) is 2.62. The summed E-state index contributed by atoms with van der Waals surface area (Å²) in [5, 5.41) is 0. The lowest BCUT2D eigenvalue weighted by molar-refractivity contribution is -0.133. The molecule has 0 N–H and O–H groups in total. The molecule has 0 spiro atoms. The van der Waals surface area contributed by atoms with Crippen LogP contribution in [0, 0.1) is 6.92 Å². The molecule has 1 aromatic heterocycles. The molecule has 2 heterocycles. The summed E-state index contributed by atoms with van der Waals surface area (Å²) in [5.74, 6) is 0.723. The number of carbonyl (C=O) groups is 1. The smallest absolute Gasteiger partial charge is 0.260 e. The van der Waals surface area contributed by atoms with Crippen molar-refractivity contribution in [3.63, 3.8) is 0 Å². The maximum absolute atomic E-state index is 12.3. The topological polar surface area (TPSA) is 45.7 Å². The number of aryl methyl sites for hydroxylation is 1. The molecule has 1 aliphatic heterocycles. The van der Waals surface area contributed by atoms with Gasteiger partial charge in [-0.3, -0.25) is 9.78 Å². The molecule has 1 aliphatic rings. The Morgan fingerprint density at radius 2 is 1.88 bits per heavy atom. The number of rotatable bonds is 4. The number of benzene rings is 1. The minimum atomic E-state index is 0.0249. The lowest BCUT2D eigenvalue weighted by atomic mass is 10.2. The second-order valence-electron chi connectivity index (χ2n) is 5.80. The first kappa shape index (κ1) is 16.8. The third kappa shape index (κ3) is 4.06. The largest absolute Gasteiger partial charge is 0.483 e. The van der Waals surface area contributed by atoms with Crippen LogP contribution >= 0.6 is 15.9 Å². The summed E-state index contributed by atoms with van der Waals surface area (Å²) >= 11 is 3.47. The molecule has 0 saturated carbocycles. The minimum absolute atomic E-state index is 0.0249. The van der Waals surface area contributed by atoms with Crippen LogP contribution in [0.2, 0.25) is 0 Å². The summed E-state index contributed by atoms with van der Waals surface area (Å²) in [7, 11) is 0. The van der Waals surface area contributed by atoms with Crippen LogP contribution in [-0.2, 0) is 4.79 Å². The number of ether oxygens (including phenoxy) is 1. The maximum atomic E-state index is 12.3. The highest BCUT2D eigenvalue weighted by Crippen LogP contribution is 2.25. The lowest BCUT2D eigenvalue weighted by Crippen LogP contribution is -2.50. The van der Waals surface area contributed by atoms with Gasteiger partial charge in [0, 0.05) is 44.3 Å². The van der Waals surface area contributed by atoms with Gasteiger partial charge in [0.1, 0.15) is 5.75 Å². The first-order chi connectivity index (χ1) is 11.6. The van der Waals surface area contributed by atoms with Crippen LogP contribution in [0.4, 0.5) is 5.69 Å². The molecular formula is C18H20BrN3O2. The van der Waals surface area contributed by atoms with E-state index in [9.17, 15) is 4.79 Å². The van der Waals surface area contributed by atoms with E-state index in [1.54, 1.807) is 12.4 Å². The third-order valence-electron chi connectivity index (χ3n) is 4.10. The lowest BCUT2D eigenvalue weighted by Gasteiger charge is -2.36. The Morgan fingerprint density at radius 1 is 1.17 bits per heavy atom. The fourth-order valence-corrected chi connectivity index (χ4v) is 3.33. The number of aromatic nitrogens is 1. The summed E-state index contributed by atoms with van der Waals surface area (Å²) in [6, 6.07) is 9.82. The van der Waals surface area contributed by atoms with Crippen molar-refractivity contribution in [2.45, 2.75) is 6.92 Å². The number of hydrogen-bond donors (Lipinski definition) is 0. The number of pyridine rings is 1. The van der Waals surface area contributed by atoms with E-state index in [0.29, 0.717) is 18.8 Å².